The third-order valence-corrected chi connectivity index (χ3v) is 3.59. The van der Waals surface area contributed by atoms with Gasteiger partial charge in [-0.1, -0.05) is 0 Å². The van der Waals surface area contributed by atoms with Gasteiger partial charge in [-0.15, -0.1) is 0 Å². The molecule has 1 saturated carbocycles. The first-order valence-corrected chi connectivity index (χ1v) is 5.76. The van der Waals surface area contributed by atoms with Crippen molar-refractivity contribution in [2.24, 2.45) is 0 Å². The van der Waals surface area contributed by atoms with E-state index in [0.29, 0.717) is 0 Å². The summed E-state index contributed by atoms with van der Waals surface area (Å²) >= 11 is 0. The van der Waals surface area contributed by atoms with Crippen LogP contribution in [0.4, 0.5) is 65.9 Å². The van der Waals surface area contributed by atoms with Crippen LogP contribution in [0.2, 0.25) is 0 Å². The van der Waals surface area contributed by atoms with Crippen molar-refractivity contribution in [3.05, 3.63) is 11.7 Å². The Kier molecular flexibility index (Phi) is 4.61. The molecule has 1 aliphatic rings. The molecule has 0 spiro atoms. The van der Waals surface area contributed by atoms with Gasteiger partial charge in [0.15, 0.2) is 5.57 Å². The highest BCUT2D eigenvalue weighted by molar-refractivity contribution is 5.89. The second-order valence-corrected chi connectivity index (χ2v) is 5.05. The summed E-state index contributed by atoms with van der Waals surface area (Å²) in [5.74, 6) is -51.8. The number of carboxylic acid groups (broad SMARTS) is 1. The van der Waals surface area contributed by atoms with Crippen molar-refractivity contribution in [3.8, 4) is 0 Å². The molecule has 1 rings (SSSR count). The lowest BCUT2D eigenvalue weighted by Gasteiger charge is -2.54. The Labute approximate surface area is 136 Å². The predicted octanol–water partition coefficient (Wildman–Crippen LogP) is 4.76. The summed E-state index contributed by atoms with van der Waals surface area (Å²) in [4.78, 5) is 10.2. The number of rotatable bonds is 3. The van der Waals surface area contributed by atoms with Crippen LogP contribution in [0.3, 0.4) is 0 Å². The molecule has 0 aromatic rings. The number of carboxylic acids is 1. The van der Waals surface area contributed by atoms with Gasteiger partial charge in [0.05, 0.1) is 0 Å². The van der Waals surface area contributed by atoms with Gasteiger partial charge in [0.25, 0.3) is 6.08 Å². The molecule has 1 N–H and O–H groups in total. The molecule has 0 heterocycles. The Morgan fingerprint density at radius 2 is 0.889 bits per heavy atom. The fourth-order valence-corrected chi connectivity index (χ4v) is 2.12. The lowest BCUT2D eigenvalue weighted by molar-refractivity contribution is -0.502. The van der Waals surface area contributed by atoms with Crippen LogP contribution < -0.4 is 0 Å². The Bertz CT molecular complexity index is 657. The quantitative estimate of drug-likeness (QED) is 0.510. The summed E-state index contributed by atoms with van der Waals surface area (Å²) in [6, 6.07) is 0. The van der Waals surface area contributed by atoms with Crippen LogP contribution in [-0.2, 0) is 4.79 Å². The normalized spacial score (nSPS) is 26.9. The van der Waals surface area contributed by atoms with Gasteiger partial charge in [-0.3, -0.25) is 0 Å². The number of aliphatic carboxylic acids is 1. The Morgan fingerprint density at radius 3 is 1.11 bits per heavy atom. The van der Waals surface area contributed by atoms with Gasteiger partial charge < -0.3 is 5.11 Å². The molecule has 1 fully saturated rings. The summed E-state index contributed by atoms with van der Waals surface area (Å²) in [6.07, 6.45) is -4.43. The summed E-state index contributed by atoms with van der Waals surface area (Å²) in [7, 11) is 0. The molecular weight excluding hydrogens is 437 g/mol. The first kappa shape index (κ1) is 23.2. The number of hydrogen-bond donors (Lipinski definition) is 1. The highest BCUT2D eigenvalue weighted by Gasteiger charge is 3.05. The molecule has 0 aromatic carbocycles. The maximum Gasteiger partial charge on any atom is 0.384 e. The van der Waals surface area contributed by atoms with E-state index in [1.165, 1.54) is 0 Å². The van der Waals surface area contributed by atoms with E-state index in [1.54, 1.807) is 0 Å². The molecule has 0 atom stereocenters. The van der Waals surface area contributed by atoms with E-state index in [1.807, 2.05) is 0 Å². The molecule has 0 amide bonds. The molecular formula is C10HF15O2. The van der Waals surface area contributed by atoms with Crippen LogP contribution in [0.25, 0.3) is 0 Å². The molecule has 1 aliphatic carbocycles. The maximum absolute atomic E-state index is 14.0. The van der Waals surface area contributed by atoms with E-state index in [-0.39, 0.29) is 0 Å². The smallest absolute Gasteiger partial charge is 0.384 e. The van der Waals surface area contributed by atoms with E-state index in [9.17, 15) is 70.7 Å². The van der Waals surface area contributed by atoms with Crippen LogP contribution in [0.15, 0.2) is 11.7 Å². The maximum atomic E-state index is 14.0. The summed E-state index contributed by atoms with van der Waals surface area (Å²) in [5.41, 5.74) is -12.6. The standard InChI is InChI=1S/C10HF15O2/c11-2(12)1(3(26)27)4(13,14)5(15)6(16,17)8(20,21)10(24,25)9(22,23)7(5,18)19/h(H,26,27). The number of alkyl halides is 13. The molecule has 0 aromatic heterocycles. The van der Waals surface area contributed by atoms with Crippen LogP contribution in [-0.4, -0.2) is 52.3 Å². The highest BCUT2D eigenvalue weighted by Crippen LogP contribution is 2.73. The molecule has 17 heteroatoms. The van der Waals surface area contributed by atoms with Gasteiger partial charge >= 0.3 is 47.2 Å². The van der Waals surface area contributed by atoms with Crippen LogP contribution in [0, 0.1) is 0 Å². The molecule has 2 nitrogen and oxygen atoms in total. The van der Waals surface area contributed by atoms with Gasteiger partial charge in [0.1, 0.15) is 0 Å². The monoisotopic (exact) mass is 438 g/mol. The number of hydrogen-bond acceptors (Lipinski definition) is 1. The van der Waals surface area contributed by atoms with E-state index in [4.69, 9.17) is 5.11 Å². The second-order valence-electron chi connectivity index (χ2n) is 5.05. The van der Waals surface area contributed by atoms with E-state index in [2.05, 4.69) is 0 Å². The van der Waals surface area contributed by atoms with Gasteiger partial charge in [-0.2, -0.15) is 61.5 Å². The number of carbonyl (C=O) groups is 1. The zero-order valence-electron chi connectivity index (χ0n) is 11.5. The lowest BCUT2D eigenvalue weighted by atomic mass is 9.67. The third-order valence-electron chi connectivity index (χ3n) is 3.59. The number of halogens is 15. The SMILES string of the molecule is O=C(O)C(=C(F)F)C(F)(F)C1(F)C(F)(F)C(F)(F)C(F)(F)C(F)(F)C1(F)F. The van der Waals surface area contributed by atoms with Crippen LogP contribution in [0.5, 0.6) is 0 Å². The van der Waals surface area contributed by atoms with E-state index in [0.717, 1.165) is 0 Å². The van der Waals surface area contributed by atoms with Crippen molar-refractivity contribution >= 4 is 5.97 Å². The first-order chi connectivity index (χ1) is 11.5. The Morgan fingerprint density at radius 1 is 0.630 bits per heavy atom. The largest absolute Gasteiger partial charge is 0.478 e. The average Bonchev–Trinajstić information content (AvgIpc) is 2.42. The molecule has 0 unspecified atom stereocenters. The highest BCUT2D eigenvalue weighted by atomic mass is 19.4. The summed E-state index contributed by atoms with van der Waals surface area (Å²) in [5, 5.41) is 8.03. The van der Waals surface area contributed by atoms with Gasteiger partial charge in [0, 0.05) is 0 Å². The van der Waals surface area contributed by atoms with E-state index < -0.39 is 58.8 Å². The minimum atomic E-state index is -8.22. The molecule has 0 bridgehead atoms. The van der Waals surface area contributed by atoms with Gasteiger partial charge in [-0.25, -0.2) is 9.18 Å². The topological polar surface area (TPSA) is 37.3 Å². The molecule has 0 aliphatic heterocycles. The Balaban J connectivity index is 4.15. The van der Waals surface area contributed by atoms with Gasteiger partial charge in [0.2, 0.25) is 0 Å². The summed E-state index contributed by atoms with van der Waals surface area (Å²) < 4.78 is 197. The van der Waals surface area contributed by atoms with Crippen molar-refractivity contribution in [3.63, 3.8) is 0 Å². The molecule has 27 heavy (non-hydrogen) atoms. The zero-order valence-corrected chi connectivity index (χ0v) is 11.5. The fourth-order valence-electron chi connectivity index (χ4n) is 2.12. The fraction of sp³-hybridized carbons (Fsp3) is 0.700. The zero-order chi connectivity index (χ0) is 22.2. The molecule has 158 valence electrons. The van der Waals surface area contributed by atoms with Crippen molar-refractivity contribution in [2.45, 2.75) is 41.2 Å². The van der Waals surface area contributed by atoms with Crippen LogP contribution in [0.1, 0.15) is 0 Å². The van der Waals surface area contributed by atoms with Gasteiger partial charge in [-0.05, 0) is 0 Å². The summed E-state index contributed by atoms with van der Waals surface area (Å²) in [6.45, 7) is 0. The first-order valence-electron chi connectivity index (χ1n) is 5.76. The average molecular weight is 438 g/mol. The van der Waals surface area contributed by atoms with Crippen molar-refractivity contribution < 1.29 is 75.8 Å². The van der Waals surface area contributed by atoms with Crippen molar-refractivity contribution in [2.75, 3.05) is 0 Å². The van der Waals surface area contributed by atoms with Crippen molar-refractivity contribution in [1.29, 1.82) is 0 Å². The molecule has 0 saturated heterocycles. The predicted molar refractivity (Wildman–Crippen MR) is 50.4 cm³/mol. The minimum absolute atomic E-state index is 3.87. The lowest BCUT2D eigenvalue weighted by Crippen LogP contribution is -2.87. The van der Waals surface area contributed by atoms with Crippen molar-refractivity contribution in [1.82, 2.24) is 0 Å². The second kappa shape index (κ2) is 5.36. The molecule has 0 radical (unpaired) electrons. The Hall–Kier alpha value is -1.84. The minimum Gasteiger partial charge on any atom is -0.478 e. The van der Waals surface area contributed by atoms with E-state index >= 15 is 0 Å². The van der Waals surface area contributed by atoms with Crippen LogP contribution >= 0.6 is 0 Å². The third kappa shape index (κ3) is 2.10.